The monoisotopic (exact) mass is 396 g/mol. The van der Waals surface area contributed by atoms with E-state index in [1.807, 2.05) is 6.07 Å². The van der Waals surface area contributed by atoms with Crippen molar-refractivity contribution in [2.45, 2.75) is 62.8 Å². The summed E-state index contributed by atoms with van der Waals surface area (Å²) in [5.74, 6) is 1.49. The van der Waals surface area contributed by atoms with Gasteiger partial charge in [-0.1, -0.05) is 24.3 Å². The first-order chi connectivity index (χ1) is 14.1. The number of phenolic OH excluding ortho intramolecular Hbond substituents is 1. The lowest BCUT2D eigenvalue weighted by atomic mass is 9.89. The van der Waals surface area contributed by atoms with Gasteiger partial charge >= 0.3 is 0 Å². The predicted molar refractivity (Wildman–Crippen MR) is 108 cm³/mol. The van der Waals surface area contributed by atoms with Crippen molar-refractivity contribution < 1.29 is 24.8 Å². The Labute approximate surface area is 170 Å². The second-order valence-electron chi connectivity index (χ2n) is 8.63. The van der Waals surface area contributed by atoms with Gasteiger partial charge < -0.3 is 24.8 Å². The van der Waals surface area contributed by atoms with E-state index in [1.54, 1.807) is 0 Å². The lowest BCUT2D eigenvalue weighted by molar-refractivity contribution is -0.114. The molecule has 3 unspecified atom stereocenters. The third kappa shape index (κ3) is 3.75. The van der Waals surface area contributed by atoms with Crippen molar-refractivity contribution in [3.8, 4) is 11.5 Å². The summed E-state index contributed by atoms with van der Waals surface area (Å²) in [5, 5.41) is 30.6. The predicted octanol–water partition coefficient (Wildman–Crippen LogP) is 3.37. The molecule has 1 saturated carbocycles. The van der Waals surface area contributed by atoms with E-state index in [0.717, 1.165) is 28.2 Å². The van der Waals surface area contributed by atoms with Crippen molar-refractivity contribution in [3.63, 3.8) is 0 Å². The largest absolute Gasteiger partial charge is 0.504 e. The molecule has 154 valence electrons. The van der Waals surface area contributed by atoms with Gasteiger partial charge in [-0.2, -0.15) is 0 Å². The first-order valence-electron chi connectivity index (χ1n) is 10.7. The molecule has 5 heteroatoms. The Morgan fingerprint density at radius 1 is 1.07 bits per heavy atom. The van der Waals surface area contributed by atoms with Crippen LogP contribution in [0.2, 0.25) is 0 Å². The third-order valence-corrected chi connectivity index (χ3v) is 6.42. The van der Waals surface area contributed by atoms with Crippen molar-refractivity contribution in [3.05, 3.63) is 58.1 Å². The van der Waals surface area contributed by atoms with Crippen LogP contribution in [0.3, 0.4) is 0 Å². The zero-order valence-electron chi connectivity index (χ0n) is 16.5. The maximum absolute atomic E-state index is 10.8. The Morgan fingerprint density at radius 2 is 1.86 bits per heavy atom. The Kier molecular flexibility index (Phi) is 4.98. The summed E-state index contributed by atoms with van der Waals surface area (Å²) in [6.07, 6.45) is 3.66. The molecule has 2 heterocycles. The Morgan fingerprint density at radius 3 is 2.59 bits per heavy atom. The van der Waals surface area contributed by atoms with Gasteiger partial charge in [-0.3, -0.25) is 0 Å². The Balaban J connectivity index is 1.46. The van der Waals surface area contributed by atoms with E-state index in [-0.39, 0.29) is 24.6 Å². The highest BCUT2D eigenvalue weighted by molar-refractivity contribution is 5.58. The number of aliphatic hydroxyl groups is 2. The van der Waals surface area contributed by atoms with Gasteiger partial charge in [0.05, 0.1) is 31.5 Å². The van der Waals surface area contributed by atoms with E-state index < -0.39 is 6.10 Å². The lowest BCUT2D eigenvalue weighted by Gasteiger charge is -2.33. The van der Waals surface area contributed by atoms with Crippen molar-refractivity contribution in [1.29, 1.82) is 0 Å². The first-order valence-corrected chi connectivity index (χ1v) is 10.7. The molecule has 1 aliphatic carbocycles. The standard InChI is InChI=1S/C24H28O5/c25-13-19-11-18(26)12-22(29-19)21-10-17(23(27)24-20(21)7-8-28-24)9-14-1-3-15(4-2-14)16-5-6-16/h1-4,10,16,18-19,22,25-27H,5-9,11-13H2. The zero-order valence-corrected chi connectivity index (χ0v) is 16.5. The molecule has 29 heavy (non-hydrogen) atoms. The number of phenols is 1. The van der Waals surface area contributed by atoms with Gasteiger partial charge in [0.15, 0.2) is 11.5 Å². The average Bonchev–Trinajstić information content (AvgIpc) is 3.46. The van der Waals surface area contributed by atoms with Gasteiger partial charge in [0.2, 0.25) is 0 Å². The van der Waals surface area contributed by atoms with Crippen LogP contribution in [0.15, 0.2) is 30.3 Å². The van der Waals surface area contributed by atoms with Gasteiger partial charge in [0.25, 0.3) is 0 Å². The molecule has 0 aromatic heterocycles. The molecule has 0 spiro atoms. The molecule has 5 rings (SSSR count). The van der Waals surface area contributed by atoms with Crippen LogP contribution in [-0.2, 0) is 17.6 Å². The number of rotatable bonds is 5. The van der Waals surface area contributed by atoms with Gasteiger partial charge in [-0.05, 0) is 41.5 Å². The van der Waals surface area contributed by atoms with Crippen molar-refractivity contribution in [2.24, 2.45) is 0 Å². The molecule has 2 fully saturated rings. The molecular weight excluding hydrogens is 368 g/mol. The minimum atomic E-state index is -0.504. The molecule has 2 aromatic carbocycles. The van der Waals surface area contributed by atoms with Crippen LogP contribution in [0.5, 0.6) is 11.5 Å². The average molecular weight is 396 g/mol. The van der Waals surface area contributed by atoms with Crippen LogP contribution in [0.4, 0.5) is 0 Å². The van der Waals surface area contributed by atoms with Crippen LogP contribution in [0.1, 0.15) is 65.5 Å². The van der Waals surface area contributed by atoms with Crippen LogP contribution in [0.25, 0.3) is 0 Å². The molecule has 0 radical (unpaired) electrons. The Hall–Kier alpha value is -2.08. The second kappa shape index (κ2) is 7.63. The molecule has 5 nitrogen and oxygen atoms in total. The molecular formula is C24H28O5. The van der Waals surface area contributed by atoms with E-state index in [2.05, 4.69) is 24.3 Å². The molecule has 2 aliphatic heterocycles. The van der Waals surface area contributed by atoms with E-state index in [9.17, 15) is 15.3 Å². The number of fused-ring (bicyclic) bond motifs is 1. The number of hydrogen-bond donors (Lipinski definition) is 3. The Bertz CT molecular complexity index is 887. The summed E-state index contributed by atoms with van der Waals surface area (Å²) in [7, 11) is 0. The summed E-state index contributed by atoms with van der Waals surface area (Å²) in [6, 6.07) is 10.7. The summed E-state index contributed by atoms with van der Waals surface area (Å²) < 4.78 is 11.8. The van der Waals surface area contributed by atoms with Crippen LogP contribution >= 0.6 is 0 Å². The topological polar surface area (TPSA) is 79.2 Å². The maximum atomic E-state index is 10.8. The van der Waals surface area contributed by atoms with Gasteiger partial charge in [-0.15, -0.1) is 0 Å². The third-order valence-electron chi connectivity index (χ3n) is 6.42. The number of aromatic hydroxyl groups is 1. The van der Waals surface area contributed by atoms with Gasteiger partial charge in [-0.25, -0.2) is 0 Å². The molecule has 0 bridgehead atoms. The van der Waals surface area contributed by atoms with Gasteiger partial charge in [0.1, 0.15) is 0 Å². The van der Waals surface area contributed by atoms with Crippen LogP contribution < -0.4 is 4.74 Å². The summed E-state index contributed by atoms with van der Waals surface area (Å²) in [6.45, 7) is 0.429. The number of ether oxygens (including phenoxy) is 2. The fraction of sp³-hybridized carbons (Fsp3) is 0.500. The molecule has 3 aliphatic rings. The van der Waals surface area contributed by atoms with Crippen molar-refractivity contribution in [2.75, 3.05) is 13.2 Å². The second-order valence-corrected chi connectivity index (χ2v) is 8.63. The van der Waals surface area contributed by atoms with E-state index in [1.165, 1.54) is 18.4 Å². The maximum Gasteiger partial charge on any atom is 0.164 e. The zero-order chi connectivity index (χ0) is 20.0. The summed E-state index contributed by atoms with van der Waals surface area (Å²) in [4.78, 5) is 0. The van der Waals surface area contributed by atoms with E-state index in [0.29, 0.717) is 38.0 Å². The fourth-order valence-electron chi connectivity index (χ4n) is 4.71. The quantitative estimate of drug-likeness (QED) is 0.722. The smallest absolute Gasteiger partial charge is 0.164 e. The number of benzene rings is 2. The highest BCUT2D eigenvalue weighted by Crippen LogP contribution is 2.46. The highest BCUT2D eigenvalue weighted by Gasteiger charge is 2.34. The number of hydrogen-bond acceptors (Lipinski definition) is 5. The fourth-order valence-corrected chi connectivity index (χ4v) is 4.71. The molecule has 3 atom stereocenters. The lowest BCUT2D eigenvalue weighted by Crippen LogP contribution is -2.33. The van der Waals surface area contributed by atoms with E-state index >= 15 is 0 Å². The van der Waals surface area contributed by atoms with E-state index in [4.69, 9.17) is 9.47 Å². The highest BCUT2D eigenvalue weighted by atomic mass is 16.5. The summed E-state index contributed by atoms with van der Waals surface area (Å²) >= 11 is 0. The van der Waals surface area contributed by atoms with Crippen LogP contribution in [0, 0.1) is 0 Å². The normalized spacial score (nSPS) is 26.2. The van der Waals surface area contributed by atoms with Crippen molar-refractivity contribution >= 4 is 0 Å². The SMILES string of the molecule is OCC1CC(O)CC(c2cc(Cc3ccc(C4CC4)cc3)c(O)c3c2CCO3)O1. The minimum absolute atomic E-state index is 0.107. The van der Waals surface area contributed by atoms with Crippen LogP contribution in [-0.4, -0.2) is 40.7 Å². The number of aliphatic hydroxyl groups excluding tert-OH is 2. The summed E-state index contributed by atoms with van der Waals surface area (Å²) in [5.41, 5.74) is 5.29. The van der Waals surface area contributed by atoms with Crippen molar-refractivity contribution in [1.82, 2.24) is 0 Å². The molecule has 1 saturated heterocycles. The molecule has 0 amide bonds. The molecule has 2 aromatic rings. The first kappa shape index (κ1) is 18.9. The van der Waals surface area contributed by atoms with Gasteiger partial charge in [0, 0.05) is 36.8 Å². The minimum Gasteiger partial charge on any atom is -0.504 e. The molecule has 3 N–H and O–H groups in total.